The maximum atomic E-state index is 5.83. The van der Waals surface area contributed by atoms with Gasteiger partial charge in [-0.15, -0.1) is 11.8 Å². The molecule has 1 aliphatic rings. The summed E-state index contributed by atoms with van der Waals surface area (Å²) in [4.78, 5) is 4.21. The van der Waals surface area contributed by atoms with E-state index in [1.54, 1.807) is 24.9 Å². The number of nitrogens with one attached hydrogen (secondary N) is 4. The second kappa shape index (κ2) is 6.31. The van der Waals surface area contributed by atoms with Gasteiger partial charge in [-0.1, -0.05) is 11.6 Å². The first-order valence-electron chi connectivity index (χ1n) is 5.46. The highest BCUT2D eigenvalue weighted by Gasteiger charge is 2.20. The number of rotatable bonds is 4. The first kappa shape index (κ1) is 13.5. The van der Waals surface area contributed by atoms with E-state index in [1.807, 2.05) is 6.07 Å². The topological polar surface area (TPSA) is 61.0 Å². The average Bonchev–Trinajstić information content (AvgIpc) is 2.76. The molecule has 0 bridgehead atoms. The summed E-state index contributed by atoms with van der Waals surface area (Å²) >= 11 is 12.6. The van der Waals surface area contributed by atoms with Crippen LogP contribution in [0.3, 0.4) is 0 Å². The lowest BCUT2D eigenvalue weighted by Crippen LogP contribution is -2.34. The van der Waals surface area contributed by atoms with Crippen molar-refractivity contribution in [3.63, 3.8) is 0 Å². The number of hydrogen-bond acceptors (Lipinski definition) is 5. The second-order valence-corrected chi connectivity index (χ2v) is 5.58. The van der Waals surface area contributed by atoms with Gasteiger partial charge in [0.2, 0.25) is 0 Å². The van der Waals surface area contributed by atoms with Gasteiger partial charge in [0.15, 0.2) is 10.9 Å². The molecule has 0 spiro atoms. The van der Waals surface area contributed by atoms with Gasteiger partial charge in [-0.25, -0.2) is 4.98 Å². The number of thioether (sulfide) groups is 1. The fraction of sp³-hybridized carbons (Fsp3) is 0.400. The van der Waals surface area contributed by atoms with Gasteiger partial charge in [0.05, 0.1) is 5.69 Å². The van der Waals surface area contributed by atoms with Crippen LogP contribution in [0.2, 0.25) is 5.15 Å². The van der Waals surface area contributed by atoms with E-state index in [0.717, 1.165) is 23.8 Å². The number of anilines is 2. The van der Waals surface area contributed by atoms with E-state index in [2.05, 4.69) is 26.3 Å². The third kappa shape index (κ3) is 3.54. The molecule has 0 saturated carbocycles. The van der Waals surface area contributed by atoms with E-state index in [4.69, 9.17) is 23.8 Å². The van der Waals surface area contributed by atoms with Crippen molar-refractivity contribution >= 4 is 52.2 Å². The standard InChI is InChI=1S/C10H14ClN5S2/c1-12-9(17)13-4-5-18-10-14-6-2-3-7(11)15-8(6)16-10/h2-3,10,14H,4-5H2,1H3,(H,15,16)(H2,12,13,17). The number of nitrogens with zero attached hydrogens (tertiary/aromatic N) is 1. The Labute approximate surface area is 120 Å². The summed E-state index contributed by atoms with van der Waals surface area (Å²) in [5, 5.41) is 13.7. The van der Waals surface area contributed by atoms with Crippen LogP contribution >= 0.6 is 35.6 Å². The van der Waals surface area contributed by atoms with Gasteiger partial charge in [0.25, 0.3) is 0 Å². The molecule has 0 aliphatic carbocycles. The average molecular weight is 304 g/mol. The Morgan fingerprint density at radius 2 is 2.39 bits per heavy atom. The smallest absolute Gasteiger partial charge is 0.166 e. The predicted octanol–water partition coefficient (Wildman–Crippen LogP) is 1.68. The second-order valence-electron chi connectivity index (χ2n) is 3.58. The van der Waals surface area contributed by atoms with Crippen LogP contribution in [-0.4, -0.2) is 34.9 Å². The van der Waals surface area contributed by atoms with Crippen LogP contribution in [0.25, 0.3) is 0 Å². The largest absolute Gasteiger partial charge is 0.366 e. The van der Waals surface area contributed by atoms with Crippen molar-refractivity contribution < 1.29 is 0 Å². The molecule has 1 aromatic rings. The predicted molar refractivity (Wildman–Crippen MR) is 82.4 cm³/mol. The highest BCUT2D eigenvalue weighted by Crippen LogP contribution is 2.31. The Bertz CT molecular complexity index is 442. The summed E-state index contributed by atoms with van der Waals surface area (Å²) in [6.45, 7) is 0.814. The molecule has 1 atom stereocenters. The molecule has 4 N–H and O–H groups in total. The zero-order valence-corrected chi connectivity index (χ0v) is 12.2. The summed E-state index contributed by atoms with van der Waals surface area (Å²) in [5.41, 5.74) is 1.10. The Morgan fingerprint density at radius 3 is 3.17 bits per heavy atom. The van der Waals surface area contributed by atoms with E-state index < -0.39 is 0 Å². The van der Waals surface area contributed by atoms with Crippen LogP contribution in [0.15, 0.2) is 12.1 Å². The first-order chi connectivity index (χ1) is 8.69. The molecule has 8 heteroatoms. The number of hydrogen-bond donors (Lipinski definition) is 4. The zero-order valence-electron chi connectivity index (χ0n) is 9.79. The van der Waals surface area contributed by atoms with Gasteiger partial charge in [-0.05, 0) is 24.4 Å². The molecule has 0 fully saturated rings. The van der Waals surface area contributed by atoms with Crippen molar-refractivity contribution in [3.8, 4) is 0 Å². The number of fused-ring (bicyclic) bond motifs is 1. The minimum atomic E-state index is 0.121. The highest BCUT2D eigenvalue weighted by molar-refractivity contribution is 8.00. The summed E-state index contributed by atoms with van der Waals surface area (Å²) in [7, 11) is 1.80. The quantitative estimate of drug-likeness (QED) is 0.383. The number of thiocarbonyl (C=S) groups is 1. The van der Waals surface area contributed by atoms with Gasteiger partial charge >= 0.3 is 0 Å². The van der Waals surface area contributed by atoms with Crippen molar-refractivity contribution in [2.75, 3.05) is 30.0 Å². The third-order valence-electron chi connectivity index (χ3n) is 2.31. The maximum absolute atomic E-state index is 5.83. The molecular weight excluding hydrogens is 290 g/mol. The van der Waals surface area contributed by atoms with E-state index in [1.165, 1.54) is 0 Å². The van der Waals surface area contributed by atoms with Crippen LogP contribution in [-0.2, 0) is 0 Å². The van der Waals surface area contributed by atoms with Crippen LogP contribution < -0.4 is 21.3 Å². The summed E-state index contributed by atoms with van der Waals surface area (Å²) in [6.07, 6.45) is 0. The summed E-state index contributed by atoms with van der Waals surface area (Å²) < 4.78 is 0. The van der Waals surface area contributed by atoms with Crippen LogP contribution in [0.4, 0.5) is 11.5 Å². The Morgan fingerprint density at radius 1 is 1.56 bits per heavy atom. The lowest BCUT2D eigenvalue weighted by atomic mass is 10.4. The van der Waals surface area contributed by atoms with Crippen molar-refractivity contribution in [2.45, 2.75) is 5.50 Å². The molecule has 1 aromatic heterocycles. The Kier molecular flexibility index (Phi) is 4.73. The van der Waals surface area contributed by atoms with Crippen molar-refractivity contribution in [3.05, 3.63) is 17.3 Å². The zero-order chi connectivity index (χ0) is 13.0. The molecule has 0 amide bonds. The van der Waals surface area contributed by atoms with Gasteiger partial charge in [-0.3, -0.25) is 0 Å². The minimum absolute atomic E-state index is 0.121. The monoisotopic (exact) mass is 303 g/mol. The SMILES string of the molecule is CNC(=S)NCCSC1Nc2ccc(Cl)nc2N1. The fourth-order valence-electron chi connectivity index (χ4n) is 1.48. The van der Waals surface area contributed by atoms with Crippen LogP contribution in [0, 0.1) is 0 Å². The maximum Gasteiger partial charge on any atom is 0.166 e. The van der Waals surface area contributed by atoms with Crippen molar-refractivity contribution in [2.24, 2.45) is 0 Å². The molecule has 5 nitrogen and oxygen atoms in total. The van der Waals surface area contributed by atoms with E-state index >= 15 is 0 Å². The molecule has 1 unspecified atom stereocenters. The third-order valence-corrected chi connectivity index (χ3v) is 3.88. The molecule has 2 heterocycles. The molecule has 0 aromatic carbocycles. The number of halogens is 1. The minimum Gasteiger partial charge on any atom is -0.366 e. The normalized spacial score (nSPS) is 16.4. The van der Waals surface area contributed by atoms with Crippen molar-refractivity contribution in [1.29, 1.82) is 0 Å². The summed E-state index contributed by atoms with van der Waals surface area (Å²) in [5.74, 6) is 1.73. The van der Waals surface area contributed by atoms with E-state index in [9.17, 15) is 0 Å². The number of aromatic nitrogens is 1. The van der Waals surface area contributed by atoms with Gasteiger partial charge in [-0.2, -0.15) is 0 Å². The van der Waals surface area contributed by atoms with E-state index in [-0.39, 0.29) is 5.50 Å². The molecule has 1 aliphatic heterocycles. The Balaban J connectivity index is 1.73. The molecule has 2 rings (SSSR count). The van der Waals surface area contributed by atoms with E-state index in [0.29, 0.717) is 10.3 Å². The highest BCUT2D eigenvalue weighted by atomic mass is 35.5. The van der Waals surface area contributed by atoms with Crippen LogP contribution in [0.1, 0.15) is 0 Å². The molecule has 98 valence electrons. The molecule has 0 radical (unpaired) electrons. The molecular formula is C10H14ClN5S2. The summed E-state index contributed by atoms with van der Waals surface area (Å²) in [6, 6.07) is 3.70. The van der Waals surface area contributed by atoms with Gasteiger partial charge in [0, 0.05) is 19.3 Å². The van der Waals surface area contributed by atoms with Crippen LogP contribution in [0.5, 0.6) is 0 Å². The lowest BCUT2D eigenvalue weighted by Gasteiger charge is -2.12. The number of pyridine rings is 1. The van der Waals surface area contributed by atoms with Crippen molar-refractivity contribution in [1.82, 2.24) is 15.6 Å². The molecule has 18 heavy (non-hydrogen) atoms. The van der Waals surface area contributed by atoms with Gasteiger partial charge < -0.3 is 21.3 Å². The Hall–Kier alpha value is -0.920. The lowest BCUT2D eigenvalue weighted by molar-refractivity contribution is 0.941. The van der Waals surface area contributed by atoms with Gasteiger partial charge in [0.1, 0.15) is 10.7 Å². The fourth-order valence-corrected chi connectivity index (χ4v) is 2.59. The first-order valence-corrected chi connectivity index (χ1v) is 7.29. The molecule has 0 saturated heterocycles.